The third-order valence-electron chi connectivity index (χ3n) is 2.77. The first-order valence-corrected chi connectivity index (χ1v) is 6.33. The van der Waals surface area contributed by atoms with E-state index in [0.717, 1.165) is 27.3 Å². The van der Waals surface area contributed by atoms with E-state index in [1.54, 1.807) is 13.2 Å². The summed E-state index contributed by atoms with van der Waals surface area (Å²) >= 11 is 1.29. The molecule has 0 atom stereocenters. The van der Waals surface area contributed by atoms with Gasteiger partial charge in [0, 0.05) is 10.4 Å². The molecule has 3 nitrogen and oxygen atoms in total. The Kier molecular flexibility index (Phi) is 3.39. The Morgan fingerprint density at radius 1 is 1.22 bits per heavy atom. The van der Waals surface area contributed by atoms with Crippen LogP contribution in [-0.4, -0.2) is 18.2 Å². The highest BCUT2D eigenvalue weighted by molar-refractivity contribution is 7.14. The summed E-state index contributed by atoms with van der Waals surface area (Å²) < 4.78 is 5.34. The van der Waals surface area contributed by atoms with Crippen LogP contribution in [0.1, 0.15) is 20.1 Å². The van der Waals surface area contributed by atoms with Crippen molar-refractivity contribution < 1.29 is 14.6 Å². The molecule has 0 saturated carbocycles. The summed E-state index contributed by atoms with van der Waals surface area (Å²) in [6.07, 6.45) is 0. The Labute approximate surface area is 110 Å². The number of thiophene rings is 1. The molecule has 18 heavy (non-hydrogen) atoms. The molecule has 2 rings (SSSR count). The number of hydrogen-bond acceptors (Lipinski definition) is 3. The van der Waals surface area contributed by atoms with Crippen LogP contribution < -0.4 is 4.74 Å². The van der Waals surface area contributed by atoms with E-state index in [2.05, 4.69) is 0 Å². The maximum absolute atomic E-state index is 11.0. The summed E-state index contributed by atoms with van der Waals surface area (Å²) in [6, 6.07) is 7.60. The van der Waals surface area contributed by atoms with E-state index < -0.39 is 5.97 Å². The highest BCUT2D eigenvalue weighted by Crippen LogP contribution is 2.37. The van der Waals surface area contributed by atoms with E-state index in [1.165, 1.54) is 11.3 Å². The lowest BCUT2D eigenvalue weighted by molar-refractivity contribution is 0.0702. The number of aromatic carboxylic acids is 1. The molecule has 0 aliphatic rings. The number of ether oxygens (including phenoxy) is 1. The van der Waals surface area contributed by atoms with Crippen LogP contribution in [0.15, 0.2) is 24.3 Å². The predicted molar refractivity (Wildman–Crippen MR) is 72.7 cm³/mol. The number of hydrogen-bond donors (Lipinski definition) is 1. The third-order valence-corrected chi connectivity index (χ3v) is 3.81. The van der Waals surface area contributed by atoms with Gasteiger partial charge in [-0.3, -0.25) is 0 Å². The molecule has 1 N–H and O–H groups in total. The van der Waals surface area contributed by atoms with Crippen LogP contribution in [0.2, 0.25) is 0 Å². The average Bonchev–Trinajstić information content (AvgIpc) is 2.71. The first-order valence-electron chi connectivity index (χ1n) is 5.51. The minimum absolute atomic E-state index is 0.353. The summed E-state index contributed by atoms with van der Waals surface area (Å²) in [5, 5.41) is 9.03. The molecule has 0 radical (unpaired) electrons. The Hall–Kier alpha value is -1.81. The van der Waals surface area contributed by atoms with Gasteiger partial charge in [-0.1, -0.05) is 11.6 Å². The van der Waals surface area contributed by atoms with Gasteiger partial charge >= 0.3 is 5.97 Å². The van der Waals surface area contributed by atoms with Gasteiger partial charge in [0.2, 0.25) is 0 Å². The van der Waals surface area contributed by atoms with Crippen molar-refractivity contribution >= 4 is 17.3 Å². The Bertz CT molecular complexity index is 599. The van der Waals surface area contributed by atoms with Gasteiger partial charge in [0.15, 0.2) is 0 Å². The number of benzene rings is 1. The zero-order valence-corrected chi connectivity index (χ0v) is 11.3. The fourth-order valence-electron chi connectivity index (χ4n) is 1.89. The fourth-order valence-corrected chi connectivity index (χ4v) is 2.76. The zero-order valence-electron chi connectivity index (χ0n) is 10.5. The molecule has 0 aliphatic carbocycles. The molecular formula is C14H14O3S. The Balaban J connectivity index is 2.60. The molecule has 0 fully saturated rings. The van der Waals surface area contributed by atoms with Crippen LogP contribution in [0.25, 0.3) is 11.1 Å². The van der Waals surface area contributed by atoms with Gasteiger partial charge in [-0.05, 0) is 37.6 Å². The topological polar surface area (TPSA) is 46.5 Å². The van der Waals surface area contributed by atoms with E-state index in [1.807, 2.05) is 32.0 Å². The van der Waals surface area contributed by atoms with Gasteiger partial charge < -0.3 is 9.84 Å². The third kappa shape index (κ3) is 2.24. The highest BCUT2D eigenvalue weighted by Gasteiger charge is 2.15. The monoisotopic (exact) mass is 262 g/mol. The maximum Gasteiger partial charge on any atom is 0.345 e. The number of rotatable bonds is 3. The van der Waals surface area contributed by atoms with Crippen LogP contribution in [0.3, 0.4) is 0 Å². The highest BCUT2D eigenvalue weighted by atomic mass is 32.1. The van der Waals surface area contributed by atoms with Crippen molar-refractivity contribution in [2.75, 3.05) is 7.11 Å². The summed E-state index contributed by atoms with van der Waals surface area (Å²) in [7, 11) is 1.62. The van der Waals surface area contributed by atoms with E-state index in [-0.39, 0.29) is 0 Å². The number of carbonyl (C=O) groups is 1. The van der Waals surface area contributed by atoms with E-state index in [4.69, 9.17) is 9.84 Å². The minimum Gasteiger partial charge on any atom is -0.496 e. The Morgan fingerprint density at radius 3 is 2.50 bits per heavy atom. The van der Waals surface area contributed by atoms with Crippen LogP contribution in [0.5, 0.6) is 5.75 Å². The van der Waals surface area contributed by atoms with E-state index >= 15 is 0 Å². The quantitative estimate of drug-likeness (QED) is 0.916. The number of aryl methyl sites for hydroxylation is 2. The van der Waals surface area contributed by atoms with Gasteiger partial charge in [0.25, 0.3) is 0 Å². The van der Waals surface area contributed by atoms with Gasteiger partial charge in [0.1, 0.15) is 10.6 Å². The van der Waals surface area contributed by atoms with Gasteiger partial charge in [-0.15, -0.1) is 11.3 Å². The minimum atomic E-state index is -0.888. The lowest BCUT2D eigenvalue weighted by Crippen LogP contribution is -1.91. The standard InChI is InChI=1S/C14H14O3S/c1-8-4-5-12(17-3)11(6-8)10-7-13(14(15)16)18-9(10)2/h4-7H,1-3H3,(H,15,16). The molecule has 0 unspecified atom stereocenters. The second-order valence-corrected chi connectivity index (χ2v) is 5.35. The smallest absolute Gasteiger partial charge is 0.345 e. The molecule has 1 heterocycles. The molecule has 1 aromatic carbocycles. The molecule has 0 bridgehead atoms. The summed E-state index contributed by atoms with van der Waals surface area (Å²) in [6.45, 7) is 3.93. The van der Waals surface area contributed by atoms with E-state index in [9.17, 15) is 4.79 Å². The van der Waals surface area contributed by atoms with Crippen molar-refractivity contribution in [3.63, 3.8) is 0 Å². The van der Waals surface area contributed by atoms with Crippen LogP contribution in [-0.2, 0) is 0 Å². The SMILES string of the molecule is COc1ccc(C)cc1-c1cc(C(=O)O)sc1C. The molecule has 1 aromatic heterocycles. The summed E-state index contributed by atoms with van der Waals surface area (Å²) in [5.74, 6) is -0.126. The van der Waals surface area contributed by atoms with Gasteiger partial charge in [0.05, 0.1) is 7.11 Å². The van der Waals surface area contributed by atoms with Crippen molar-refractivity contribution in [3.05, 3.63) is 39.6 Å². The first kappa shape index (κ1) is 12.6. The maximum atomic E-state index is 11.0. The van der Waals surface area contributed by atoms with Crippen molar-refractivity contribution in [1.29, 1.82) is 0 Å². The summed E-state index contributed by atoms with van der Waals surface area (Å²) in [4.78, 5) is 12.3. The van der Waals surface area contributed by atoms with E-state index in [0.29, 0.717) is 4.88 Å². The lowest BCUT2D eigenvalue weighted by atomic mass is 10.0. The average molecular weight is 262 g/mol. The normalized spacial score (nSPS) is 10.4. The molecule has 2 aromatic rings. The second kappa shape index (κ2) is 4.82. The van der Waals surface area contributed by atoms with Gasteiger partial charge in [-0.2, -0.15) is 0 Å². The molecular weight excluding hydrogens is 248 g/mol. The molecule has 0 spiro atoms. The number of carboxylic acid groups (broad SMARTS) is 1. The Morgan fingerprint density at radius 2 is 1.94 bits per heavy atom. The molecule has 4 heteroatoms. The largest absolute Gasteiger partial charge is 0.496 e. The van der Waals surface area contributed by atoms with Crippen LogP contribution in [0, 0.1) is 13.8 Å². The summed E-state index contributed by atoms with van der Waals surface area (Å²) in [5.41, 5.74) is 2.99. The number of methoxy groups -OCH3 is 1. The van der Waals surface area contributed by atoms with Crippen LogP contribution in [0.4, 0.5) is 0 Å². The predicted octanol–water partition coefficient (Wildman–Crippen LogP) is 3.74. The molecule has 94 valence electrons. The molecule has 0 saturated heterocycles. The molecule has 0 aliphatic heterocycles. The molecule has 0 amide bonds. The van der Waals surface area contributed by atoms with Crippen LogP contribution >= 0.6 is 11.3 Å². The van der Waals surface area contributed by atoms with Crippen molar-refractivity contribution in [3.8, 4) is 16.9 Å². The van der Waals surface area contributed by atoms with Gasteiger partial charge in [-0.25, -0.2) is 4.79 Å². The first-order chi connectivity index (χ1) is 8.52. The zero-order chi connectivity index (χ0) is 13.3. The van der Waals surface area contributed by atoms with Crippen molar-refractivity contribution in [2.45, 2.75) is 13.8 Å². The second-order valence-electron chi connectivity index (χ2n) is 4.09. The fraction of sp³-hybridized carbons (Fsp3) is 0.214. The lowest BCUT2D eigenvalue weighted by Gasteiger charge is -2.09. The number of carboxylic acids is 1. The van der Waals surface area contributed by atoms with Crippen molar-refractivity contribution in [1.82, 2.24) is 0 Å². The van der Waals surface area contributed by atoms with Crippen molar-refractivity contribution in [2.24, 2.45) is 0 Å².